The number of hydrogen-bond acceptors (Lipinski definition) is 4. The Hall–Kier alpha value is -10.3. The molecule has 0 fully saturated rings. The number of carbonyl (C=O) groups is 2. The van der Waals surface area contributed by atoms with Gasteiger partial charge in [0.1, 0.15) is 6.07 Å². The summed E-state index contributed by atoms with van der Waals surface area (Å²) in [5.74, 6) is -0.799. The number of benzene rings is 10. The molecule has 14 rings (SSSR count). The molecule has 0 spiro atoms. The van der Waals surface area contributed by atoms with E-state index in [9.17, 15) is 20.1 Å². The SMILES string of the molecule is N#Cc1ccc(-n2c3ccccc3c3cc(-c4ccc5c(c4)c4cc(-c6ccc7c(c6)c6ccccc6n7-c6ccccc6)ccc4n5-c4cc(N5C(=O)c6ccccc6C5=O)ccc4C#N)ccc32)cc1. The van der Waals surface area contributed by atoms with Gasteiger partial charge in [0, 0.05) is 43.7 Å². The molecule has 0 bridgehead atoms. The van der Waals surface area contributed by atoms with Gasteiger partial charge < -0.3 is 13.7 Å². The summed E-state index contributed by atoms with van der Waals surface area (Å²) in [6, 6.07) is 77.9. The Labute approximate surface area is 411 Å². The third-order valence-corrected chi connectivity index (χ3v) is 14.4. The molecular weight excluding hydrogens is 885 g/mol. The Morgan fingerprint density at radius 1 is 0.319 bits per heavy atom. The number of rotatable bonds is 6. The van der Waals surface area contributed by atoms with E-state index in [0.29, 0.717) is 33.6 Å². The average molecular weight is 921 g/mol. The monoisotopic (exact) mass is 920 g/mol. The molecule has 10 aromatic carbocycles. The smallest absolute Gasteiger partial charge is 0.266 e. The average Bonchev–Trinajstić information content (AvgIpc) is 4.14. The number of anilines is 1. The number of nitriles is 2. The maximum atomic E-state index is 13.8. The van der Waals surface area contributed by atoms with Crippen molar-refractivity contribution in [1.29, 1.82) is 10.5 Å². The molecule has 334 valence electrons. The standard InChI is InChI=1S/C64H36N6O2/c65-37-39-18-25-46(26-19-39)68-57-17-9-7-13-49(57)53-33-41(22-29-59(53)68)43-24-31-61-55(35-43)54-34-42(40-21-28-58-52(32-40)48-12-6-8-16-56(48)67(58)45-10-2-1-3-11-45)23-30-60(54)70(61)62-36-47(27-20-44(62)38-66)69-63(71)50-14-4-5-15-51(50)64(69)72/h1-36H. The molecular formula is C64H36N6O2. The third kappa shape index (κ3) is 5.97. The first-order chi connectivity index (χ1) is 35.4. The Balaban J connectivity index is 0.975. The number of fused-ring (bicyclic) bond motifs is 10. The first-order valence-electron chi connectivity index (χ1n) is 23.7. The van der Waals surface area contributed by atoms with Gasteiger partial charge in [0.05, 0.1) is 72.8 Å². The highest BCUT2D eigenvalue weighted by atomic mass is 16.2. The second kappa shape index (κ2) is 15.6. The zero-order valence-electron chi connectivity index (χ0n) is 38.3. The molecule has 1 aliphatic rings. The number of imide groups is 1. The highest BCUT2D eigenvalue weighted by Gasteiger charge is 2.37. The van der Waals surface area contributed by atoms with Crippen LogP contribution in [0.1, 0.15) is 31.8 Å². The van der Waals surface area contributed by atoms with Crippen molar-refractivity contribution in [3.05, 3.63) is 241 Å². The Morgan fingerprint density at radius 2 is 0.722 bits per heavy atom. The molecule has 0 saturated carbocycles. The minimum atomic E-state index is -0.399. The van der Waals surface area contributed by atoms with E-state index in [4.69, 9.17) is 0 Å². The molecule has 2 amide bonds. The van der Waals surface area contributed by atoms with E-state index in [-0.39, 0.29) is 0 Å². The molecule has 0 N–H and O–H groups in total. The molecule has 0 radical (unpaired) electrons. The molecule has 1 aliphatic heterocycles. The van der Waals surface area contributed by atoms with E-state index >= 15 is 0 Å². The highest BCUT2D eigenvalue weighted by molar-refractivity contribution is 6.34. The lowest BCUT2D eigenvalue weighted by molar-refractivity contribution is 0.0926. The molecule has 0 aliphatic carbocycles. The summed E-state index contributed by atoms with van der Waals surface area (Å²) in [4.78, 5) is 28.9. The summed E-state index contributed by atoms with van der Waals surface area (Å²) in [6.07, 6.45) is 0. The van der Waals surface area contributed by atoms with E-state index in [1.54, 1.807) is 42.5 Å². The maximum Gasteiger partial charge on any atom is 0.266 e. The van der Waals surface area contributed by atoms with E-state index in [1.165, 1.54) is 10.3 Å². The third-order valence-electron chi connectivity index (χ3n) is 14.4. The van der Waals surface area contributed by atoms with Crippen molar-refractivity contribution < 1.29 is 9.59 Å². The molecule has 8 heteroatoms. The van der Waals surface area contributed by atoms with E-state index < -0.39 is 11.8 Å². The van der Waals surface area contributed by atoms with Gasteiger partial charge in [-0.05, 0) is 150 Å². The fourth-order valence-electron chi connectivity index (χ4n) is 11.1. The van der Waals surface area contributed by atoms with Crippen LogP contribution in [0.2, 0.25) is 0 Å². The van der Waals surface area contributed by atoms with Gasteiger partial charge in [0.15, 0.2) is 0 Å². The van der Waals surface area contributed by atoms with Crippen LogP contribution in [0.25, 0.3) is 105 Å². The van der Waals surface area contributed by atoms with Gasteiger partial charge >= 0.3 is 0 Å². The maximum absolute atomic E-state index is 13.8. The Kier molecular flexibility index (Phi) is 8.85. The van der Waals surface area contributed by atoms with Crippen molar-refractivity contribution in [2.75, 3.05) is 4.90 Å². The lowest BCUT2D eigenvalue weighted by atomic mass is 9.98. The Bertz CT molecular complexity index is 4540. The number of hydrogen-bond donors (Lipinski definition) is 0. The zero-order chi connectivity index (χ0) is 48.2. The lowest BCUT2D eigenvalue weighted by Gasteiger charge is -2.17. The molecule has 72 heavy (non-hydrogen) atoms. The van der Waals surface area contributed by atoms with Crippen LogP contribution in [0.3, 0.4) is 0 Å². The van der Waals surface area contributed by atoms with E-state index in [1.807, 2.05) is 30.3 Å². The van der Waals surface area contributed by atoms with Gasteiger partial charge in [-0.3, -0.25) is 9.59 Å². The number of nitrogens with zero attached hydrogens (tertiary/aromatic N) is 6. The van der Waals surface area contributed by atoms with Gasteiger partial charge in [-0.15, -0.1) is 0 Å². The summed E-state index contributed by atoms with van der Waals surface area (Å²) >= 11 is 0. The number of aromatic nitrogens is 3. The van der Waals surface area contributed by atoms with Gasteiger partial charge in [-0.2, -0.15) is 10.5 Å². The van der Waals surface area contributed by atoms with Gasteiger partial charge in [-0.25, -0.2) is 4.90 Å². The summed E-state index contributed by atoms with van der Waals surface area (Å²) in [5.41, 5.74) is 15.0. The predicted molar refractivity (Wildman–Crippen MR) is 287 cm³/mol. The summed E-state index contributed by atoms with van der Waals surface area (Å²) < 4.78 is 6.65. The van der Waals surface area contributed by atoms with E-state index in [2.05, 4.69) is 171 Å². The number of para-hydroxylation sites is 3. The van der Waals surface area contributed by atoms with Crippen LogP contribution >= 0.6 is 0 Å². The molecule has 0 unspecified atom stereocenters. The van der Waals surface area contributed by atoms with Gasteiger partial charge in [0.25, 0.3) is 11.8 Å². The predicted octanol–water partition coefficient (Wildman–Crippen LogP) is 14.9. The number of carbonyl (C=O) groups excluding carboxylic acids is 2. The lowest BCUT2D eigenvalue weighted by Crippen LogP contribution is -2.29. The normalized spacial score (nSPS) is 12.4. The summed E-state index contributed by atoms with van der Waals surface area (Å²) in [7, 11) is 0. The quantitative estimate of drug-likeness (QED) is 0.155. The van der Waals surface area contributed by atoms with E-state index in [0.717, 1.165) is 93.7 Å². The van der Waals surface area contributed by atoms with Crippen LogP contribution in [0.4, 0.5) is 5.69 Å². The van der Waals surface area contributed by atoms with Crippen molar-refractivity contribution in [2.24, 2.45) is 0 Å². The largest absolute Gasteiger partial charge is 0.309 e. The summed E-state index contributed by atoms with van der Waals surface area (Å²) in [6.45, 7) is 0. The Morgan fingerprint density at radius 3 is 1.21 bits per heavy atom. The zero-order valence-corrected chi connectivity index (χ0v) is 38.3. The second-order valence-corrected chi connectivity index (χ2v) is 18.3. The van der Waals surface area contributed by atoms with Crippen LogP contribution in [0.15, 0.2) is 218 Å². The van der Waals surface area contributed by atoms with Crippen LogP contribution in [-0.2, 0) is 0 Å². The minimum absolute atomic E-state index is 0.352. The highest BCUT2D eigenvalue weighted by Crippen LogP contribution is 2.42. The van der Waals surface area contributed by atoms with Gasteiger partial charge in [-0.1, -0.05) is 91.0 Å². The van der Waals surface area contributed by atoms with Crippen LogP contribution < -0.4 is 4.90 Å². The molecule has 8 nitrogen and oxygen atoms in total. The minimum Gasteiger partial charge on any atom is -0.309 e. The first kappa shape index (κ1) is 40.8. The summed E-state index contributed by atoms with van der Waals surface area (Å²) in [5, 5.41) is 26.7. The number of amides is 2. The second-order valence-electron chi connectivity index (χ2n) is 18.3. The van der Waals surface area contributed by atoms with Crippen molar-refractivity contribution in [3.63, 3.8) is 0 Å². The van der Waals surface area contributed by atoms with Gasteiger partial charge in [0.2, 0.25) is 0 Å². The van der Waals surface area contributed by atoms with Crippen molar-refractivity contribution >= 4 is 82.9 Å². The first-order valence-corrected chi connectivity index (χ1v) is 23.7. The molecule has 0 atom stereocenters. The van der Waals surface area contributed by atoms with Crippen LogP contribution in [-0.4, -0.2) is 25.5 Å². The topological polar surface area (TPSA) is 99.8 Å². The molecule has 3 aromatic heterocycles. The van der Waals surface area contributed by atoms with Crippen molar-refractivity contribution in [3.8, 4) is 51.5 Å². The molecule has 4 heterocycles. The van der Waals surface area contributed by atoms with Crippen LogP contribution in [0, 0.1) is 22.7 Å². The molecule has 13 aromatic rings. The van der Waals surface area contributed by atoms with Crippen molar-refractivity contribution in [1.82, 2.24) is 13.7 Å². The fraction of sp³-hybridized carbons (Fsp3) is 0. The van der Waals surface area contributed by atoms with Crippen molar-refractivity contribution in [2.45, 2.75) is 0 Å². The molecule has 0 saturated heterocycles. The van der Waals surface area contributed by atoms with Crippen LogP contribution in [0.5, 0.6) is 0 Å². The fourth-order valence-corrected chi connectivity index (χ4v) is 11.1.